The van der Waals surface area contributed by atoms with E-state index in [1.54, 1.807) is 0 Å². The maximum Gasteiger partial charge on any atom is 0.216 e. The van der Waals surface area contributed by atoms with Crippen LogP contribution in [0.15, 0.2) is 0 Å². The van der Waals surface area contributed by atoms with Crippen molar-refractivity contribution in [2.45, 2.75) is 51.7 Å². The molecule has 4 heteroatoms. The normalized spacial score (nSPS) is 26.8. The largest absolute Gasteiger partial charge is 0.395 e. The Kier molecular flexibility index (Phi) is 3.89. The Morgan fingerprint density at radius 3 is 2.64 bits per heavy atom. The lowest BCUT2D eigenvalue weighted by molar-refractivity contribution is -0.244. The highest BCUT2D eigenvalue weighted by molar-refractivity contribution is 4.78. The molecule has 0 aromatic heterocycles. The van der Waals surface area contributed by atoms with Crippen molar-refractivity contribution < 1.29 is 14.9 Å². The Morgan fingerprint density at radius 1 is 1.50 bits per heavy atom. The van der Waals surface area contributed by atoms with Gasteiger partial charge in [-0.1, -0.05) is 0 Å². The smallest absolute Gasteiger partial charge is 0.216 e. The molecule has 84 valence electrons. The molecule has 1 aliphatic rings. The number of likely N-dealkylation sites (tertiary alicyclic amines) is 1. The number of aliphatic hydroxyl groups is 2. The van der Waals surface area contributed by atoms with Crippen molar-refractivity contribution in [2.24, 2.45) is 0 Å². The molecule has 1 unspecified atom stereocenters. The van der Waals surface area contributed by atoms with E-state index in [1.165, 1.54) is 0 Å². The SMILES string of the molecule is CC(C)(C)OC(O)N1CCC[C@@H]1CO. The number of rotatable bonds is 3. The first kappa shape index (κ1) is 11.9. The van der Waals surface area contributed by atoms with Gasteiger partial charge < -0.3 is 14.9 Å². The predicted molar refractivity (Wildman–Crippen MR) is 53.7 cm³/mol. The topological polar surface area (TPSA) is 52.9 Å². The monoisotopic (exact) mass is 203 g/mol. The summed E-state index contributed by atoms with van der Waals surface area (Å²) in [6, 6.07) is 0.0485. The average molecular weight is 203 g/mol. The third-order valence-electron chi connectivity index (χ3n) is 2.38. The van der Waals surface area contributed by atoms with Gasteiger partial charge in [0.15, 0.2) is 0 Å². The predicted octanol–water partition coefficient (Wildman–Crippen LogP) is 0.534. The lowest BCUT2D eigenvalue weighted by Gasteiger charge is -2.32. The minimum absolute atomic E-state index is 0.0485. The van der Waals surface area contributed by atoms with Crippen LogP contribution in [0.25, 0.3) is 0 Å². The van der Waals surface area contributed by atoms with Crippen LogP contribution in [0.4, 0.5) is 0 Å². The summed E-state index contributed by atoms with van der Waals surface area (Å²) in [5.41, 5.74) is -0.359. The van der Waals surface area contributed by atoms with E-state index in [0.717, 1.165) is 19.4 Å². The number of hydrogen-bond acceptors (Lipinski definition) is 4. The lowest BCUT2D eigenvalue weighted by Crippen LogP contribution is -2.45. The Balaban J connectivity index is 2.47. The highest BCUT2D eigenvalue weighted by Gasteiger charge is 2.31. The zero-order valence-corrected chi connectivity index (χ0v) is 9.23. The summed E-state index contributed by atoms with van der Waals surface area (Å²) < 4.78 is 5.42. The van der Waals surface area contributed by atoms with E-state index < -0.39 is 6.41 Å². The summed E-state index contributed by atoms with van der Waals surface area (Å²) in [5, 5.41) is 18.9. The second-order valence-electron chi connectivity index (χ2n) is 4.77. The molecule has 0 aliphatic carbocycles. The highest BCUT2D eigenvalue weighted by atomic mass is 16.6. The van der Waals surface area contributed by atoms with E-state index in [4.69, 9.17) is 9.84 Å². The molecule has 4 nitrogen and oxygen atoms in total. The molecule has 0 radical (unpaired) electrons. The van der Waals surface area contributed by atoms with Crippen molar-refractivity contribution in [2.75, 3.05) is 13.2 Å². The standard InChI is InChI=1S/C10H21NO3/c1-10(2,3)14-9(13)11-6-4-5-8(11)7-12/h8-9,12-13H,4-7H2,1-3H3/t8-,9?/m1/s1. The average Bonchev–Trinajstić information content (AvgIpc) is 2.47. The Hall–Kier alpha value is -0.160. The van der Waals surface area contributed by atoms with Crippen LogP contribution in [0.5, 0.6) is 0 Å². The molecule has 2 atom stereocenters. The lowest BCUT2D eigenvalue weighted by atomic mass is 10.2. The van der Waals surface area contributed by atoms with Crippen LogP contribution < -0.4 is 0 Å². The number of ether oxygens (including phenoxy) is 1. The summed E-state index contributed by atoms with van der Waals surface area (Å²) in [6.07, 6.45) is 1.05. The van der Waals surface area contributed by atoms with Crippen molar-refractivity contribution in [1.29, 1.82) is 0 Å². The molecule has 1 fully saturated rings. The van der Waals surface area contributed by atoms with Crippen LogP contribution in [0.3, 0.4) is 0 Å². The van der Waals surface area contributed by atoms with Crippen molar-refractivity contribution in [3.8, 4) is 0 Å². The molecule has 1 rings (SSSR count). The Bertz CT molecular complexity index is 179. The number of hydrogen-bond donors (Lipinski definition) is 2. The molecular formula is C10H21NO3. The van der Waals surface area contributed by atoms with Gasteiger partial charge in [-0.15, -0.1) is 0 Å². The van der Waals surface area contributed by atoms with Gasteiger partial charge >= 0.3 is 0 Å². The van der Waals surface area contributed by atoms with Gasteiger partial charge in [-0.25, -0.2) is 4.90 Å². The van der Waals surface area contributed by atoms with Crippen LogP contribution in [-0.2, 0) is 4.74 Å². The third kappa shape index (κ3) is 3.20. The van der Waals surface area contributed by atoms with E-state index in [2.05, 4.69) is 0 Å². The van der Waals surface area contributed by atoms with Crippen LogP contribution in [0, 0.1) is 0 Å². The van der Waals surface area contributed by atoms with Gasteiger partial charge in [0.25, 0.3) is 0 Å². The minimum atomic E-state index is -0.894. The molecule has 0 amide bonds. The number of aliphatic hydroxyl groups excluding tert-OH is 2. The molecule has 1 saturated heterocycles. The van der Waals surface area contributed by atoms with Crippen molar-refractivity contribution in [3.63, 3.8) is 0 Å². The van der Waals surface area contributed by atoms with E-state index in [1.807, 2.05) is 25.7 Å². The molecule has 0 aromatic carbocycles. The molecular weight excluding hydrogens is 182 g/mol. The van der Waals surface area contributed by atoms with E-state index in [9.17, 15) is 5.11 Å². The summed E-state index contributed by atoms with van der Waals surface area (Å²) in [7, 11) is 0. The first-order valence-corrected chi connectivity index (χ1v) is 5.16. The Labute approximate surface area is 85.5 Å². The molecule has 2 N–H and O–H groups in total. The van der Waals surface area contributed by atoms with Crippen molar-refractivity contribution >= 4 is 0 Å². The molecule has 0 bridgehead atoms. The van der Waals surface area contributed by atoms with Crippen LogP contribution >= 0.6 is 0 Å². The highest BCUT2D eigenvalue weighted by Crippen LogP contribution is 2.21. The van der Waals surface area contributed by atoms with Gasteiger partial charge in [-0.3, -0.25) is 0 Å². The summed E-state index contributed by atoms with van der Waals surface area (Å²) in [6.45, 7) is 6.59. The maximum absolute atomic E-state index is 9.78. The second kappa shape index (κ2) is 4.57. The van der Waals surface area contributed by atoms with Gasteiger partial charge in [0.1, 0.15) is 0 Å². The Morgan fingerprint density at radius 2 is 2.14 bits per heavy atom. The second-order valence-corrected chi connectivity index (χ2v) is 4.77. The zero-order chi connectivity index (χ0) is 10.8. The molecule has 0 spiro atoms. The maximum atomic E-state index is 9.78. The summed E-state index contributed by atoms with van der Waals surface area (Å²) in [4.78, 5) is 1.81. The fourth-order valence-corrected chi connectivity index (χ4v) is 1.73. The van der Waals surface area contributed by atoms with Crippen molar-refractivity contribution in [3.05, 3.63) is 0 Å². The van der Waals surface area contributed by atoms with Crippen LogP contribution in [-0.4, -0.2) is 46.3 Å². The molecule has 1 aliphatic heterocycles. The molecule has 1 heterocycles. The summed E-state index contributed by atoms with van der Waals surface area (Å²) >= 11 is 0. The third-order valence-corrected chi connectivity index (χ3v) is 2.38. The molecule has 0 aromatic rings. The van der Waals surface area contributed by atoms with Crippen LogP contribution in [0.1, 0.15) is 33.6 Å². The zero-order valence-electron chi connectivity index (χ0n) is 9.23. The van der Waals surface area contributed by atoms with Crippen LogP contribution in [0.2, 0.25) is 0 Å². The fraction of sp³-hybridized carbons (Fsp3) is 1.00. The van der Waals surface area contributed by atoms with E-state index >= 15 is 0 Å². The fourth-order valence-electron chi connectivity index (χ4n) is 1.73. The van der Waals surface area contributed by atoms with Gasteiger partial charge in [-0.2, -0.15) is 0 Å². The molecule has 14 heavy (non-hydrogen) atoms. The van der Waals surface area contributed by atoms with Gasteiger partial charge in [0.2, 0.25) is 6.41 Å². The quantitative estimate of drug-likeness (QED) is 0.657. The first-order valence-electron chi connectivity index (χ1n) is 5.16. The first-order chi connectivity index (χ1) is 6.44. The van der Waals surface area contributed by atoms with Gasteiger partial charge in [-0.05, 0) is 33.6 Å². The van der Waals surface area contributed by atoms with Gasteiger partial charge in [0, 0.05) is 12.6 Å². The van der Waals surface area contributed by atoms with E-state index in [0.29, 0.717) is 0 Å². The minimum Gasteiger partial charge on any atom is -0.395 e. The van der Waals surface area contributed by atoms with Crippen molar-refractivity contribution in [1.82, 2.24) is 4.90 Å². The number of nitrogens with zero attached hydrogens (tertiary/aromatic N) is 1. The summed E-state index contributed by atoms with van der Waals surface area (Å²) in [5.74, 6) is 0. The van der Waals surface area contributed by atoms with E-state index in [-0.39, 0.29) is 18.2 Å². The van der Waals surface area contributed by atoms with Gasteiger partial charge in [0.05, 0.1) is 12.2 Å². The molecule has 0 saturated carbocycles.